The molecule has 0 bridgehead atoms. The Hall–Kier alpha value is -3.81. The van der Waals surface area contributed by atoms with Crippen LogP contribution >= 0.6 is 0 Å². The van der Waals surface area contributed by atoms with Gasteiger partial charge in [-0.3, -0.25) is 10.2 Å². The third-order valence-electron chi connectivity index (χ3n) is 6.09. The maximum Gasteiger partial charge on any atom is 0.328 e. The third-order valence-corrected chi connectivity index (χ3v) is 6.09. The van der Waals surface area contributed by atoms with E-state index in [1.54, 1.807) is 4.90 Å². The van der Waals surface area contributed by atoms with E-state index in [1.807, 2.05) is 59.4 Å². The van der Waals surface area contributed by atoms with Gasteiger partial charge in [-0.05, 0) is 50.6 Å². The number of nitrogens with zero attached hydrogens (tertiary/aromatic N) is 4. The molecule has 2 atom stereocenters. The quantitative estimate of drug-likeness (QED) is 0.664. The molecule has 3 aliphatic heterocycles. The highest BCUT2D eigenvalue weighted by Crippen LogP contribution is 2.46. The molecule has 0 saturated carbocycles. The number of anilines is 1. The van der Waals surface area contributed by atoms with E-state index >= 15 is 0 Å². The van der Waals surface area contributed by atoms with Crippen LogP contribution in [0.2, 0.25) is 0 Å². The van der Waals surface area contributed by atoms with Gasteiger partial charge in [0.05, 0.1) is 11.7 Å². The number of aromatic nitrogens is 2. The molecule has 32 heavy (non-hydrogen) atoms. The van der Waals surface area contributed by atoms with Crippen molar-refractivity contribution >= 4 is 23.4 Å². The van der Waals surface area contributed by atoms with Crippen molar-refractivity contribution in [2.75, 3.05) is 11.7 Å². The predicted octanol–water partition coefficient (Wildman–Crippen LogP) is 4.14. The van der Waals surface area contributed by atoms with Crippen LogP contribution in [0.3, 0.4) is 0 Å². The summed E-state index contributed by atoms with van der Waals surface area (Å²) < 4.78 is 13.1. The standard InChI is InChI=1S/C24H23N5O3/c1-24(2,3)29-22-16(12-25-29)19(14-9-10-17-18(11-14)32-13-31-17)20-21(26-22)27-23(30)28(20)15-7-5-4-6-8-15/h4-12,19-20H,13H2,1-3H3,(H,26,27,30). The fourth-order valence-corrected chi connectivity index (χ4v) is 4.69. The molecule has 0 radical (unpaired) electrons. The Labute approximate surface area is 185 Å². The summed E-state index contributed by atoms with van der Waals surface area (Å²) in [6.07, 6.45) is 1.88. The van der Waals surface area contributed by atoms with Crippen molar-refractivity contribution in [2.24, 2.45) is 4.99 Å². The van der Waals surface area contributed by atoms with Crippen LogP contribution in [-0.2, 0) is 5.54 Å². The number of rotatable bonds is 2. The lowest BCUT2D eigenvalue weighted by Gasteiger charge is -2.33. The van der Waals surface area contributed by atoms with E-state index in [-0.39, 0.29) is 30.3 Å². The fourth-order valence-electron chi connectivity index (χ4n) is 4.69. The van der Waals surface area contributed by atoms with Crippen molar-refractivity contribution in [2.45, 2.75) is 38.3 Å². The summed E-state index contributed by atoms with van der Waals surface area (Å²) in [6, 6.07) is 15.1. The van der Waals surface area contributed by atoms with Gasteiger partial charge < -0.3 is 9.47 Å². The monoisotopic (exact) mass is 429 g/mol. The Morgan fingerprint density at radius 2 is 1.84 bits per heavy atom. The number of nitrogens with one attached hydrogen (secondary N) is 1. The third kappa shape index (κ3) is 2.72. The first kappa shape index (κ1) is 18.9. The van der Waals surface area contributed by atoms with Crippen LogP contribution < -0.4 is 19.7 Å². The highest BCUT2D eigenvalue weighted by atomic mass is 16.7. The number of hydrogen-bond acceptors (Lipinski definition) is 5. The number of urea groups is 1. The Morgan fingerprint density at radius 3 is 2.62 bits per heavy atom. The van der Waals surface area contributed by atoms with Crippen LogP contribution in [0.15, 0.2) is 59.7 Å². The molecule has 6 rings (SSSR count). The zero-order valence-electron chi connectivity index (χ0n) is 18.1. The number of amides is 2. The van der Waals surface area contributed by atoms with E-state index in [9.17, 15) is 4.79 Å². The average Bonchev–Trinajstić information content (AvgIpc) is 3.47. The van der Waals surface area contributed by atoms with Crippen LogP contribution in [0.25, 0.3) is 0 Å². The number of benzene rings is 2. The lowest BCUT2D eigenvalue weighted by molar-refractivity contribution is 0.174. The van der Waals surface area contributed by atoms with Gasteiger partial charge >= 0.3 is 6.03 Å². The minimum Gasteiger partial charge on any atom is -0.454 e. The van der Waals surface area contributed by atoms with Crippen molar-refractivity contribution in [3.8, 4) is 11.5 Å². The second kappa shape index (κ2) is 6.59. The summed E-state index contributed by atoms with van der Waals surface area (Å²) in [4.78, 5) is 19.8. The zero-order valence-corrected chi connectivity index (χ0v) is 18.1. The topological polar surface area (TPSA) is 81.0 Å². The van der Waals surface area contributed by atoms with E-state index in [0.29, 0.717) is 11.6 Å². The first-order valence-electron chi connectivity index (χ1n) is 10.6. The second-order valence-electron chi connectivity index (χ2n) is 9.17. The normalized spacial score (nSPS) is 21.2. The molecular weight excluding hydrogens is 406 g/mol. The van der Waals surface area contributed by atoms with E-state index < -0.39 is 0 Å². The van der Waals surface area contributed by atoms with Gasteiger partial charge in [0.15, 0.2) is 17.3 Å². The largest absolute Gasteiger partial charge is 0.454 e. The first-order valence-corrected chi connectivity index (χ1v) is 10.6. The summed E-state index contributed by atoms with van der Waals surface area (Å²) in [5.74, 6) is 2.65. The number of para-hydroxylation sites is 1. The molecule has 1 saturated heterocycles. The maximum atomic E-state index is 13.1. The molecule has 2 aromatic carbocycles. The molecule has 162 valence electrons. The van der Waals surface area contributed by atoms with Gasteiger partial charge in [-0.15, -0.1) is 0 Å². The van der Waals surface area contributed by atoms with E-state index in [0.717, 1.165) is 28.4 Å². The molecule has 4 heterocycles. The number of aliphatic imine (C=N–C) groups is 1. The number of carbonyl (C=O) groups is 1. The number of amidine groups is 1. The maximum absolute atomic E-state index is 13.1. The Morgan fingerprint density at radius 1 is 1.06 bits per heavy atom. The number of fused-ring (bicyclic) bond motifs is 3. The molecule has 1 fully saturated rings. The molecule has 3 aliphatic rings. The molecule has 0 aliphatic carbocycles. The SMILES string of the molecule is CC(C)(C)n1ncc2c1N=C1NC(=O)N(c3ccccc3)C1C2c1ccc2c(c1)OCO2. The summed E-state index contributed by atoms with van der Waals surface area (Å²) in [6.45, 7) is 6.48. The lowest BCUT2D eigenvalue weighted by atomic mass is 9.83. The van der Waals surface area contributed by atoms with Crippen LogP contribution in [0.1, 0.15) is 37.8 Å². The molecule has 8 heteroatoms. The zero-order chi connectivity index (χ0) is 22.0. The van der Waals surface area contributed by atoms with Crippen LogP contribution in [-0.4, -0.2) is 34.5 Å². The molecule has 1 N–H and O–H groups in total. The highest BCUT2D eigenvalue weighted by molar-refractivity contribution is 6.18. The minimum atomic E-state index is -0.324. The number of ether oxygens (including phenoxy) is 2. The minimum absolute atomic E-state index is 0.178. The molecular formula is C24H23N5O3. The summed E-state index contributed by atoms with van der Waals surface area (Å²) in [5, 5.41) is 7.69. The summed E-state index contributed by atoms with van der Waals surface area (Å²) in [7, 11) is 0. The smallest absolute Gasteiger partial charge is 0.328 e. The second-order valence-corrected chi connectivity index (χ2v) is 9.17. The van der Waals surface area contributed by atoms with Crippen LogP contribution in [0, 0.1) is 0 Å². The van der Waals surface area contributed by atoms with Crippen LogP contribution in [0.5, 0.6) is 11.5 Å². The van der Waals surface area contributed by atoms with E-state index in [1.165, 1.54) is 0 Å². The number of carbonyl (C=O) groups excluding carboxylic acids is 1. The van der Waals surface area contributed by atoms with Crippen molar-refractivity contribution in [3.63, 3.8) is 0 Å². The van der Waals surface area contributed by atoms with Crippen molar-refractivity contribution in [1.29, 1.82) is 0 Å². The molecule has 3 aromatic rings. The fraction of sp³-hybridized carbons (Fsp3) is 0.292. The Balaban J connectivity index is 1.56. The summed E-state index contributed by atoms with van der Waals surface area (Å²) >= 11 is 0. The molecule has 2 unspecified atom stereocenters. The van der Waals surface area contributed by atoms with Gasteiger partial charge in [0.25, 0.3) is 0 Å². The predicted molar refractivity (Wildman–Crippen MR) is 120 cm³/mol. The number of hydrogen-bond donors (Lipinski definition) is 1. The summed E-state index contributed by atoms with van der Waals surface area (Å²) in [5.41, 5.74) is 2.55. The average molecular weight is 429 g/mol. The van der Waals surface area contributed by atoms with Crippen molar-refractivity contribution in [3.05, 3.63) is 65.9 Å². The van der Waals surface area contributed by atoms with Gasteiger partial charge in [-0.1, -0.05) is 24.3 Å². The van der Waals surface area contributed by atoms with Gasteiger partial charge in [-0.2, -0.15) is 5.10 Å². The molecule has 2 amide bonds. The first-order chi connectivity index (χ1) is 15.4. The van der Waals surface area contributed by atoms with E-state index in [2.05, 4.69) is 31.2 Å². The molecule has 1 aromatic heterocycles. The van der Waals surface area contributed by atoms with Gasteiger partial charge in [0.1, 0.15) is 11.9 Å². The molecule has 0 spiro atoms. The Kier molecular flexibility index (Phi) is 3.90. The molecule has 8 nitrogen and oxygen atoms in total. The lowest BCUT2D eigenvalue weighted by Crippen LogP contribution is -2.42. The van der Waals surface area contributed by atoms with Gasteiger partial charge in [-0.25, -0.2) is 14.5 Å². The van der Waals surface area contributed by atoms with Crippen LogP contribution in [0.4, 0.5) is 16.3 Å². The van der Waals surface area contributed by atoms with Crippen molar-refractivity contribution in [1.82, 2.24) is 15.1 Å². The van der Waals surface area contributed by atoms with Gasteiger partial charge in [0.2, 0.25) is 6.79 Å². The van der Waals surface area contributed by atoms with Gasteiger partial charge in [0, 0.05) is 17.2 Å². The highest BCUT2D eigenvalue weighted by Gasteiger charge is 2.48. The Bertz CT molecular complexity index is 1260. The van der Waals surface area contributed by atoms with E-state index in [4.69, 9.17) is 14.5 Å². The van der Waals surface area contributed by atoms with Crippen molar-refractivity contribution < 1.29 is 14.3 Å².